The molecule has 7 nitrogen and oxygen atoms in total. The Morgan fingerprint density at radius 1 is 0.947 bits per heavy atom. The number of amides is 1. The lowest BCUT2D eigenvalue weighted by Crippen LogP contribution is -2.29. The molecule has 5 rings (SSSR count). The van der Waals surface area contributed by atoms with Crippen molar-refractivity contribution in [3.05, 3.63) is 94.8 Å². The quantitative estimate of drug-likeness (QED) is 0.269. The maximum atomic E-state index is 13.5. The number of likely N-dealkylation sites (tertiary alicyclic amines) is 1. The maximum Gasteiger partial charge on any atom is 0.295 e. The van der Waals surface area contributed by atoms with Gasteiger partial charge in [0, 0.05) is 30.9 Å². The molecular formula is C30H29FN2O5. The fraction of sp³-hybridized carbons (Fsp3) is 0.267. The van der Waals surface area contributed by atoms with Crippen LogP contribution in [0.15, 0.2) is 72.3 Å². The molecule has 3 aromatic carbocycles. The van der Waals surface area contributed by atoms with Gasteiger partial charge >= 0.3 is 0 Å². The summed E-state index contributed by atoms with van der Waals surface area (Å²) in [6.07, 6.45) is 0. The third-order valence-electron chi connectivity index (χ3n) is 6.96. The van der Waals surface area contributed by atoms with Gasteiger partial charge < -0.3 is 24.4 Å². The van der Waals surface area contributed by atoms with Gasteiger partial charge in [0.05, 0.1) is 11.6 Å². The highest BCUT2D eigenvalue weighted by atomic mass is 19.1. The fourth-order valence-corrected chi connectivity index (χ4v) is 4.98. The Bertz CT molecular complexity index is 1380. The van der Waals surface area contributed by atoms with Crippen molar-refractivity contribution in [1.29, 1.82) is 0 Å². The number of nitrogens with zero attached hydrogens (tertiary/aromatic N) is 2. The zero-order chi connectivity index (χ0) is 26.8. The second-order valence-electron chi connectivity index (χ2n) is 9.18. The molecule has 1 atom stereocenters. The molecule has 1 fully saturated rings. The second-order valence-corrected chi connectivity index (χ2v) is 9.18. The minimum absolute atomic E-state index is 0.00983. The van der Waals surface area contributed by atoms with Gasteiger partial charge in [-0.1, -0.05) is 24.3 Å². The monoisotopic (exact) mass is 516 g/mol. The summed E-state index contributed by atoms with van der Waals surface area (Å²) in [4.78, 5) is 30.3. The van der Waals surface area contributed by atoms with E-state index in [1.807, 2.05) is 24.3 Å². The SMILES string of the molecule is CCN(CC)c1ccc(C2/C(=C(/O)c3ccc4c(c3)OCCO4)C(=O)C(=O)N2Cc2ccc(F)cc2)cc1. The molecule has 1 amide bonds. The van der Waals surface area contributed by atoms with Crippen molar-refractivity contribution in [2.45, 2.75) is 26.4 Å². The highest BCUT2D eigenvalue weighted by Crippen LogP contribution is 2.42. The molecule has 2 heterocycles. The average molecular weight is 517 g/mol. The van der Waals surface area contributed by atoms with Crippen molar-refractivity contribution in [3.8, 4) is 11.5 Å². The number of rotatable bonds is 7. The van der Waals surface area contributed by atoms with E-state index in [0.717, 1.165) is 18.8 Å². The lowest BCUT2D eigenvalue weighted by Gasteiger charge is -2.27. The molecule has 3 aromatic rings. The molecule has 0 spiro atoms. The molecule has 8 heteroatoms. The predicted molar refractivity (Wildman–Crippen MR) is 142 cm³/mol. The Labute approximate surface area is 220 Å². The van der Waals surface area contributed by atoms with Crippen LogP contribution in [0.5, 0.6) is 11.5 Å². The summed E-state index contributed by atoms with van der Waals surface area (Å²) >= 11 is 0. The molecule has 0 radical (unpaired) electrons. The van der Waals surface area contributed by atoms with E-state index in [1.54, 1.807) is 30.3 Å². The number of aliphatic hydroxyl groups excluding tert-OH is 1. The molecule has 196 valence electrons. The Balaban J connectivity index is 1.60. The summed E-state index contributed by atoms with van der Waals surface area (Å²) in [6, 6.07) is 17.5. The zero-order valence-corrected chi connectivity index (χ0v) is 21.3. The standard InChI is InChI=1S/C30H29FN2O5/c1-3-32(4-2)23-12-7-20(8-13-23)27-26(28(34)21-9-14-24-25(17-21)38-16-15-37-24)29(35)30(36)33(27)18-19-5-10-22(31)11-6-19/h5-14,17,27,34H,3-4,15-16,18H2,1-2H3/b28-26-. The van der Waals surface area contributed by atoms with E-state index in [9.17, 15) is 19.1 Å². The molecule has 1 unspecified atom stereocenters. The number of halogens is 1. The Kier molecular flexibility index (Phi) is 7.05. The molecule has 0 aliphatic carbocycles. The van der Waals surface area contributed by atoms with E-state index in [2.05, 4.69) is 18.7 Å². The summed E-state index contributed by atoms with van der Waals surface area (Å²) in [5.41, 5.74) is 2.70. The summed E-state index contributed by atoms with van der Waals surface area (Å²) in [6.45, 7) is 6.69. The molecule has 2 aliphatic heterocycles. The van der Waals surface area contributed by atoms with Crippen molar-refractivity contribution < 1.29 is 28.6 Å². The van der Waals surface area contributed by atoms with Crippen LogP contribution in [0.25, 0.3) is 5.76 Å². The van der Waals surface area contributed by atoms with Crippen molar-refractivity contribution in [2.75, 3.05) is 31.2 Å². The number of hydrogen-bond acceptors (Lipinski definition) is 6. The number of fused-ring (bicyclic) bond motifs is 1. The van der Waals surface area contributed by atoms with Crippen LogP contribution in [0.3, 0.4) is 0 Å². The maximum absolute atomic E-state index is 13.5. The van der Waals surface area contributed by atoms with Crippen LogP contribution in [0, 0.1) is 5.82 Å². The Hall–Kier alpha value is -4.33. The first-order valence-corrected chi connectivity index (χ1v) is 12.7. The first kappa shape index (κ1) is 25.3. The van der Waals surface area contributed by atoms with Gasteiger partial charge in [-0.25, -0.2) is 4.39 Å². The van der Waals surface area contributed by atoms with Crippen LogP contribution in [0.1, 0.15) is 36.6 Å². The van der Waals surface area contributed by atoms with Gasteiger partial charge in [-0.15, -0.1) is 0 Å². The van der Waals surface area contributed by atoms with Crippen molar-refractivity contribution in [2.24, 2.45) is 0 Å². The third-order valence-corrected chi connectivity index (χ3v) is 6.96. The van der Waals surface area contributed by atoms with Crippen LogP contribution in [-0.4, -0.2) is 48.0 Å². The molecule has 1 N–H and O–H groups in total. The largest absolute Gasteiger partial charge is 0.507 e. The molecule has 0 bridgehead atoms. The minimum Gasteiger partial charge on any atom is -0.507 e. The van der Waals surface area contributed by atoms with Crippen molar-refractivity contribution in [3.63, 3.8) is 0 Å². The number of carbonyl (C=O) groups excluding carboxylic acids is 2. The first-order valence-electron chi connectivity index (χ1n) is 12.7. The van der Waals surface area contributed by atoms with Crippen LogP contribution >= 0.6 is 0 Å². The second kappa shape index (κ2) is 10.6. The van der Waals surface area contributed by atoms with E-state index in [4.69, 9.17) is 9.47 Å². The topological polar surface area (TPSA) is 79.3 Å². The van der Waals surface area contributed by atoms with Gasteiger partial charge in [0.15, 0.2) is 11.5 Å². The number of aliphatic hydroxyl groups is 1. The van der Waals surface area contributed by atoms with Gasteiger partial charge in [-0.2, -0.15) is 0 Å². The smallest absolute Gasteiger partial charge is 0.295 e. The molecule has 38 heavy (non-hydrogen) atoms. The molecule has 0 aromatic heterocycles. The minimum atomic E-state index is -0.834. The predicted octanol–water partition coefficient (Wildman–Crippen LogP) is 5.07. The van der Waals surface area contributed by atoms with E-state index in [1.165, 1.54) is 17.0 Å². The van der Waals surface area contributed by atoms with Gasteiger partial charge in [0.1, 0.15) is 24.8 Å². The lowest BCUT2D eigenvalue weighted by molar-refractivity contribution is -0.140. The molecular weight excluding hydrogens is 487 g/mol. The Morgan fingerprint density at radius 3 is 2.26 bits per heavy atom. The van der Waals surface area contributed by atoms with Crippen LogP contribution in [0.4, 0.5) is 10.1 Å². The van der Waals surface area contributed by atoms with Gasteiger partial charge in [-0.3, -0.25) is 9.59 Å². The number of benzene rings is 3. The number of carbonyl (C=O) groups is 2. The number of ether oxygens (including phenoxy) is 2. The molecule has 1 saturated heterocycles. The Morgan fingerprint density at radius 2 is 1.61 bits per heavy atom. The summed E-state index contributed by atoms with van der Waals surface area (Å²) < 4.78 is 24.7. The van der Waals surface area contributed by atoms with Crippen LogP contribution < -0.4 is 14.4 Å². The number of ketones is 1. The van der Waals surface area contributed by atoms with Gasteiger partial charge in [0.25, 0.3) is 11.7 Å². The lowest BCUT2D eigenvalue weighted by atomic mass is 9.94. The third kappa shape index (κ3) is 4.69. The van der Waals surface area contributed by atoms with E-state index in [-0.39, 0.29) is 17.9 Å². The summed E-state index contributed by atoms with van der Waals surface area (Å²) in [5, 5.41) is 11.4. The number of Topliss-reactive ketones (excluding diaryl/α,β-unsaturated/α-hetero) is 1. The van der Waals surface area contributed by atoms with Crippen LogP contribution in [-0.2, 0) is 16.1 Å². The number of hydrogen-bond donors (Lipinski definition) is 1. The van der Waals surface area contributed by atoms with E-state index in [0.29, 0.717) is 41.4 Å². The van der Waals surface area contributed by atoms with Crippen LogP contribution in [0.2, 0.25) is 0 Å². The zero-order valence-electron chi connectivity index (χ0n) is 21.3. The highest BCUT2D eigenvalue weighted by Gasteiger charge is 2.46. The number of anilines is 1. The molecule has 2 aliphatic rings. The normalized spacial score (nSPS) is 18.1. The van der Waals surface area contributed by atoms with Crippen molar-refractivity contribution in [1.82, 2.24) is 4.90 Å². The van der Waals surface area contributed by atoms with Gasteiger partial charge in [0.2, 0.25) is 0 Å². The van der Waals surface area contributed by atoms with Gasteiger partial charge in [-0.05, 0) is 67.4 Å². The fourth-order valence-electron chi connectivity index (χ4n) is 4.98. The summed E-state index contributed by atoms with van der Waals surface area (Å²) in [7, 11) is 0. The first-order chi connectivity index (χ1) is 18.4. The average Bonchev–Trinajstić information content (AvgIpc) is 3.19. The summed E-state index contributed by atoms with van der Waals surface area (Å²) in [5.74, 6) is -1.18. The van der Waals surface area contributed by atoms with Crippen molar-refractivity contribution >= 4 is 23.1 Å². The molecule has 0 saturated carbocycles. The van der Waals surface area contributed by atoms with E-state index >= 15 is 0 Å². The highest BCUT2D eigenvalue weighted by molar-refractivity contribution is 6.46. The van der Waals surface area contributed by atoms with E-state index < -0.39 is 23.5 Å².